The molecule has 9 aromatic rings. The fraction of sp³-hybridized carbons (Fsp3) is 0.0492. The second kappa shape index (κ2) is 16.5. The summed E-state index contributed by atoms with van der Waals surface area (Å²) in [5.74, 6) is 0. The largest absolute Gasteiger partial charge is 0.314 e. The molecule has 11 rings (SSSR count). The molecule has 2 nitrogen and oxygen atoms in total. The van der Waals surface area contributed by atoms with E-state index in [9.17, 15) is 0 Å². The Balaban J connectivity index is 1.02. The minimum Gasteiger partial charge on any atom is -0.314 e. The van der Waals surface area contributed by atoms with Gasteiger partial charge in [-0.25, -0.2) is 0 Å². The Hall–Kier alpha value is -7.94. The van der Waals surface area contributed by atoms with Crippen molar-refractivity contribution in [1.82, 2.24) is 0 Å². The summed E-state index contributed by atoms with van der Waals surface area (Å²) in [5.41, 5.74) is 18.9. The van der Waals surface area contributed by atoms with E-state index in [1.807, 2.05) is 0 Å². The van der Waals surface area contributed by atoms with Gasteiger partial charge < -0.3 is 9.80 Å². The molecule has 0 atom stereocenters. The molecule has 63 heavy (non-hydrogen) atoms. The van der Waals surface area contributed by atoms with E-state index in [1.165, 1.54) is 67.0 Å². The monoisotopic (exact) mass is 806 g/mol. The van der Waals surface area contributed by atoms with Crippen molar-refractivity contribution in [3.05, 3.63) is 283 Å². The number of nitrogens with zero attached hydrogens (tertiary/aromatic N) is 2. The van der Waals surface area contributed by atoms with Crippen molar-refractivity contribution in [2.45, 2.75) is 18.3 Å². The summed E-state index contributed by atoms with van der Waals surface area (Å²) < 4.78 is 0. The lowest BCUT2D eigenvalue weighted by Gasteiger charge is -2.34. The minimum absolute atomic E-state index is 0.540. The lowest BCUT2D eigenvalue weighted by molar-refractivity contribution is 0.769. The maximum absolute atomic E-state index is 2.46. The highest BCUT2D eigenvalue weighted by molar-refractivity contribution is 5.90. The molecule has 0 N–H and O–H groups in total. The number of para-hydroxylation sites is 3. The Morgan fingerprint density at radius 3 is 1.11 bits per heavy atom. The number of anilines is 5. The molecule has 0 spiro atoms. The first-order chi connectivity index (χ1) is 31.3. The number of fused-ring (bicyclic) bond motifs is 3. The molecule has 0 saturated carbocycles. The molecule has 9 aromatic carbocycles. The molecule has 300 valence electrons. The Morgan fingerprint density at radius 2 is 0.698 bits per heavy atom. The van der Waals surface area contributed by atoms with Crippen LogP contribution >= 0.6 is 0 Å². The van der Waals surface area contributed by atoms with E-state index >= 15 is 0 Å². The van der Waals surface area contributed by atoms with Crippen molar-refractivity contribution in [3.63, 3.8) is 0 Å². The van der Waals surface area contributed by atoms with Crippen LogP contribution < -0.4 is 9.80 Å². The average molecular weight is 807 g/mol. The molecule has 0 heterocycles. The van der Waals surface area contributed by atoms with E-state index in [2.05, 4.69) is 265 Å². The average Bonchev–Trinajstić information content (AvgIpc) is 3.66. The van der Waals surface area contributed by atoms with Gasteiger partial charge in [0.05, 0.1) is 5.41 Å². The summed E-state index contributed by atoms with van der Waals surface area (Å²) in [6, 6.07) is 86.6. The van der Waals surface area contributed by atoms with Gasteiger partial charge in [-0.2, -0.15) is 0 Å². The van der Waals surface area contributed by atoms with E-state index in [1.54, 1.807) is 0 Å². The molecule has 2 heteroatoms. The molecule has 0 aromatic heterocycles. The maximum Gasteiger partial charge on any atom is 0.0713 e. The molecule has 0 saturated heterocycles. The van der Waals surface area contributed by atoms with Crippen molar-refractivity contribution < 1.29 is 0 Å². The lowest BCUT2D eigenvalue weighted by atomic mass is 9.67. The van der Waals surface area contributed by atoms with Crippen molar-refractivity contribution in [2.24, 2.45) is 0 Å². The second-order valence-electron chi connectivity index (χ2n) is 16.4. The van der Waals surface area contributed by atoms with Gasteiger partial charge in [0.2, 0.25) is 0 Å². The van der Waals surface area contributed by atoms with Gasteiger partial charge in [0, 0.05) is 34.1 Å². The van der Waals surface area contributed by atoms with E-state index in [0.29, 0.717) is 0 Å². The van der Waals surface area contributed by atoms with E-state index in [4.69, 9.17) is 0 Å². The van der Waals surface area contributed by atoms with Crippen LogP contribution in [0.15, 0.2) is 261 Å². The van der Waals surface area contributed by atoms with Gasteiger partial charge in [-0.1, -0.05) is 176 Å². The molecule has 0 radical (unpaired) electrons. The first-order valence-corrected chi connectivity index (χ1v) is 22.0. The SMILES string of the molecule is C1=CCCC(N(c2ccccc2)c2ccc(-c3ccc4c(c3)C(c3ccccc3)(c3ccccc3)c3cc(-c5ccc(N(c6ccccc6)c6ccccc6)cc5)ccc3-4)cc2)=C1. The highest BCUT2D eigenvalue weighted by atomic mass is 15.2. The Bertz CT molecular complexity index is 2980. The molecular weight excluding hydrogens is 761 g/mol. The molecule has 0 aliphatic heterocycles. The summed E-state index contributed by atoms with van der Waals surface area (Å²) in [4.78, 5) is 4.71. The van der Waals surface area contributed by atoms with Crippen LogP contribution in [-0.2, 0) is 5.41 Å². The molecular formula is C61H46N2. The second-order valence-corrected chi connectivity index (χ2v) is 16.4. The van der Waals surface area contributed by atoms with E-state index in [0.717, 1.165) is 35.6 Å². The molecule has 2 aliphatic carbocycles. The van der Waals surface area contributed by atoms with E-state index in [-0.39, 0.29) is 0 Å². The van der Waals surface area contributed by atoms with Gasteiger partial charge in [0.15, 0.2) is 0 Å². The van der Waals surface area contributed by atoms with Crippen molar-refractivity contribution >= 4 is 28.4 Å². The van der Waals surface area contributed by atoms with Crippen molar-refractivity contribution in [1.29, 1.82) is 0 Å². The predicted octanol–water partition coefficient (Wildman–Crippen LogP) is 16.2. The van der Waals surface area contributed by atoms with Crippen LogP contribution in [0.2, 0.25) is 0 Å². The number of hydrogen-bond acceptors (Lipinski definition) is 2. The molecule has 0 bridgehead atoms. The standard InChI is InChI=1S/C61H46N2/c1-7-19-49(20-8-1)61(50-21-9-2-10-22-50)59-43-47(45-31-37-55(38-32-45)62(51-23-11-3-12-24-51)52-25-13-4-14-26-52)35-41-57(59)58-42-36-48(44-60(58)61)46-33-39-56(40-34-46)63(53-27-15-5-16-28-53)54-29-17-6-18-30-54/h1-17,19-29,31-44H,18,30H2. The fourth-order valence-electron chi connectivity index (χ4n) is 9.89. The van der Waals surface area contributed by atoms with Crippen LogP contribution in [0.4, 0.5) is 28.4 Å². The van der Waals surface area contributed by atoms with Crippen LogP contribution in [0.1, 0.15) is 35.1 Å². The molecule has 2 aliphatic rings. The zero-order chi connectivity index (χ0) is 42.0. The summed E-state index contributed by atoms with van der Waals surface area (Å²) in [6.45, 7) is 0. The Kier molecular flexibility index (Phi) is 9.95. The quantitative estimate of drug-likeness (QED) is 0.136. The molecule has 0 amide bonds. The van der Waals surface area contributed by atoms with Crippen LogP contribution in [0.3, 0.4) is 0 Å². The molecule has 0 unspecified atom stereocenters. The van der Waals surface area contributed by atoms with Crippen LogP contribution in [0.5, 0.6) is 0 Å². The lowest BCUT2D eigenvalue weighted by Crippen LogP contribution is -2.28. The third-order valence-electron chi connectivity index (χ3n) is 12.8. The smallest absolute Gasteiger partial charge is 0.0713 e. The van der Waals surface area contributed by atoms with Gasteiger partial charge >= 0.3 is 0 Å². The first kappa shape index (κ1) is 38.0. The number of allylic oxidation sites excluding steroid dienone is 4. The Morgan fingerprint density at radius 1 is 0.333 bits per heavy atom. The van der Waals surface area contributed by atoms with Gasteiger partial charge in [-0.05, 0) is 147 Å². The van der Waals surface area contributed by atoms with Gasteiger partial charge in [-0.15, -0.1) is 0 Å². The van der Waals surface area contributed by atoms with Crippen LogP contribution in [0, 0.1) is 0 Å². The van der Waals surface area contributed by atoms with Crippen LogP contribution in [0.25, 0.3) is 33.4 Å². The third kappa shape index (κ3) is 6.87. The van der Waals surface area contributed by atoms with Crippen molar-refractivity contribution in [3.8, 4) is 33.4 Å². The van der Waals surface area contributed by atoms with Gasteiger partial charge in [-0.3, -0.25) is 0 Å². The third-order valence-corrected chi connectivity index (χ3v) is 12.8. The predicted molar refractivity (Wildman–Crippen MR) is 264 cm³/mol. The number of rotatable bonds is 10. The first-order valence-electron chi connectivity index (χ1n) is 22.0. The highest BCUT2D eigenvalue weighted by Crippen LogP contribution is 2.57. The summed E-state index contributed by atoms with van der Waals surface area (Å²) in [7, 11) is 0. The summed E-state index contributed by atoms with van der Waals surface area (Å²) >= 11 is 0. The number of benzene rings is 9. The summed E-state index contributed by atoms with van der Waals surface area (Å²) in [5, 5.41) is 0. The zero-order valence-corrected chi connectivity index (χ0v) is 35.1. The summed E-state index contributed by atoms with van der Waals surface area (Å²) in [6.07, 6.45) is 8.74. The molecule has 0 fully saturated rings. The van der Waals surface area contributed by atoms with Gasteiger partial charge in [0.25, 0.3) is 0 Å². The van der Waals surface area contributed by atoms with Crippen LogP contribution in [-0.4, -0.2) is 0 Å². The zero-order valence-electron chi connectivity index (χ0n) is 35.1. The normalized spacial score (nSPS) is 13.4. The fourth-order valence-corrected chi connectivity index (χ4v) is 9.89. The van der Waals surface area contributed by atoms with Crippen molar-refractivity contribution in [2.75, 3.05) is 9.80 Å². The topological polar surface area (TPSA) is 6.48 Å². The van der Waals surface area contributed by atoms with Gasteiger partial charge in [0.1, 0.15) is 0 Å². The highest BCUT2D eigenvalue weighted by Gasteiger charge is 2.46. The minimum atomic E-state index is -0.540. The number of hydrogen-bond donors (Lipinski definition) is 0. The Labute approximate surface area is 371 Å². The van der Waals surface area contributed by atoms with E-state index < -0.39 is 5.41 Å². The maximum atomic E-state index is 2.46.